The van der Waals surface area contributed by atoms with Gasteiger partial charge in [0, 0.05) is 6.04 Å². The van der Waals surface area contributed by atoms with E-state index in [0.29, 0.717) is 0 Å². The van der Waals surface area contributed by atoms with Gasteiger partial charge in [0.1, 0.15) is 0 Å². The lowest BCUT2D eigenvalue weighted by Gasteiger charge is -2.28. The largest absolute Gasteiger partial charge is 0.330 e. The van der Waals surface area contributed by atoms with Crippen molar-refractivity contribution in [1.29, 1.82) is 0 Å². The van der Waals surface area contributed by atoms with Crippen LogP contribution < -0.4 is 5.73 Å². The normalized spacial score (nSPS) is 22.8. The predicted molar refractivity (Wildman–Crippen MR) is 80.7 cm³/mol. The fourth-order valence-electron chi connectivity index (χ4n) is 3.54. The topological polar surface area (TPSA) is 29.3 Å². The third kappa shape index (κ3) is 5.27. The minimum absolute atomic E-state index is 0.822. The number of hydrogen-bond acceptors (Lipinski definition) is 2. The molecule has 108 valence electrons. The van der Waals surface area contributed by atoms with Gasteiger partial charge >= 0.3 is 0 Å². The molecule has 1 aliphatic rings. The highest BCUT2D eigenvalue weighted by atomic mass is 15.2. The van der Waals surface area contributed by atoms with Crippen LogP contribution in [0.1, 0.15) is 65.7 Å². The van der Waals surface area contributed by atoms with Crippen molar-refractivity contribution >= 4 is 0 Å². The Balaban J connectivity index is 2.22. The van der Waals surface area contributed by atoms with Gasteiger partial charge in [-0.15, -0.1) is 0 Å². The molecule has 0 saturated carbocycles. The molecule has 1 rings (SSSR count). The predicted octanol–water partition coefficient (Wildman–Crippen LogP) is 3.65. The maximum absolute atomic E-state index is 5.70. The van der Waals surface area contributed by atoms with Gasteiger partial charge in [0.25, 0.3) is 0 Å². The van der Waals surface area contributed by atoms with Crippen LogP contribution in [-0.2, 0) is 0 Å². The quantitative estimate of drug-likeness (QED) is 0.680. The Kier molecular flexibility index (Phi) is 7.92. The van der Waals surface area contributed by atoms with E-state index in [9.17, 15) is 0 Å². The summed E-state index contributed by atoms with van der Waals surface area (Å²) in [5, 5.41) is 0. The molecule has 0 radical (unpaired) electrons. The van der Waals surface area contributed by atoms with Crippen molar-refractivity contribution in [3.63, 3.8) is 0 Å². The third-order valence-electron chi connectivity index (χ3n) is 4.51. The molecule has 0 aromatic rings. The van der Waals surface area contributed by atoms with E-state index in [-0.39, 0.29) is 0 Å². The summed E-state index contributed by atoms with van der Waals surface area (Å²) >= 11 is 0. The van der Waals surface area contributed by atoms with E-state index in [1.807, 2.05) is 0 Å². The molecule has 0 aromatic heterocycles. The van der Waals surface area contributed by atoms with E-state index in [0.717, 1.165) is 24.4 Å². The Morgan fingerprint density at radius 1 is 1.22 bits per heavy atom. The number of nitrogens with two attached hydrogens (primary N) is 1. The Morgan fingerprint density at radius 3 is 2.61 bits per heavy atom. The second kappa shape index (κ2) is 8.92. The molecular weight excluding hydrogens is 220 g/mol. The fraction of sp³-hybridized carbons (Fsp3) is 1.00. The lowest BCUT2D eigenvalue weighted by molar-refractivity contribution is 0.198. The third-order valence-corrected chi connectivity index (χ3v) is 4.51. The first-order valence-electron chi connectivity index (χ1n) is 8.13. The van der Waals surface area contributed by atoms with Gasteiger partial charge in [0.15, 0.2) is 0 Å². The van der Waals surface area contributed by atoms with Crippen molar-refractivity contribution in [1.82, 2.24) is 4.90 Å². The molecule has 18 heavy (non-hydrogen) atoms. The second-order valence-electron chi connectivity index (χ2n) is 6.36. The molecule has 1 heterocycles. The molecule has 1 saturated heterocycles. The molecule has 0 amide bonds. The summed E-state index contributed by atoms with van der Waals surface area (Å²) in [5.74, 6) is 1.70. The van der Waals surface area contributed by atoms with E-state index >= 15 is 0 Å². The number of rotatable bonds is 9. The molecule has 0 aromatic carbocycles. The van der Waals surface area contributed by atoms with E-state index < -0.39 is 0 Å². The maximum Gasteiger partial charge on any atom is 0.0119 e. The first-order chi connectivity index (χ1) is 8.69. The molecule has 0 aliphatic carbocycles. The average molecular weight is 254 g/mol. The SMILES string of the molecule is CCCC(CCN)CCCN1CCCC1C(C)C. The lowest BCUT2D eigenvalue weighted by Crippen LogP contribution is -2.34. The highest BCUT2D eigenvalue weighted by Gasteiger charge is 2.26. The number of hydrogen-bond donors (Lipinski definition) is 1. The zero-order valence-corrected chi connectivity index (χ0v) is 12.8. The highest BCUT2D eigenvalue weighted by molar-refractivity contribution is 4.81. The van der Waals surface area contributed by atoms with Crippen LogP contribution in [0, 0.1) is 11.8 Å². The smallest absolute Gasteiger partial charge is 0.0119 e. The van der Waals surface area contributed by atoms with Gasteiger partial charge in [-0.05, 0) is 63.6 Å². The van der Waals surface area contributed by atoms with Crippen LogP contribution in [0.25, 0.3) is 0 Å². The van der Waals surface area contributed by atoms with Crippen molar-refractivity contribution < 1.29 is 0 Å². The molecule has 2 nitrogen and oxygen atoms in total. The Bertz CT molecular complexity index is 197. The Labute approximate surface area is 114 Å². The standard InChI is InChI=1S/C16H34N2/c1-4-7-15(10-11-17)8-5-12-18-13-6-9-16(18)14(2)3/h14-16H,4-13,17H2,1-3H3. The van der Waals surface area contributed by atoms with Gasteiger partial charge in [-0.2, -0.15) is 0 Å². The Morgan fingerprint density at radius 2 is 2.00 bits per heavy atom. The molecule has 2 atom stereocenters. The zero-order valence-electron chi connectivity index (χ0n) is 12.8. The average Bonchev–Trinajstić information content (AvgIpc) is 2.78. The lowest BCUT2D eigenvalue weighted by atomic mass is 9.94. The van der Waals surface area contributed by atoms with Crippen LogP contribution in [-0.4, -0.2) is 30.6 Å². The summed E-state index contributed by atoms with van der Waals surface area (Å²) in [5.41, 5.74) is 5.70. The van der Waals surface area contributed by atoms with Crippen LogP contribution in [0.4, 0.5) is 0 Å². The molecule has 0 spiro atoms. The van der Waals surface area contributed by atoms with E-state index in [4.69, 9.17) is 5.73 Å². The molecule has 2 unspecified atom stereocenters. The number of nitrogens with zero attached hydrogens (tertiary/aromatic N) is 1. The summed E-state index contributed by atoms with van der Waals surface area (Å²) in [6, 6.07) is 0.851. The summed E-state index contributed by atoms with van der Waals surface area (Å²) in [4.78, 5) is 2.73. The monoisotopic (exact) mass is 254 g/mol. The summed E-state index contributed by atoms with van der Waals surface area (Å²) in [7, 11) is 0. The minimum atomic E-state index is 0.822. The molecule has 0 bridgehead atoms. The first kappa shape index (κ1) is 16.0. The molecular formula is C16H34N2. The van der Waals surface area contributed by atoms with Gasteiger partial charge < -0.3 is 10.6 Å². The molecule has 2 heteroatoms. The van der Waals surface area contributed by atoms with E-state index in [2.05, 4.69) is 25.7 Å². The van der Waals surface area contributed by atoms with E-state index in [1.54, 1.807) is 0 Å². The highest BCUT2D eigenvalue weighted by Crippen LogP contribution is 2.25. The van der Waals surface area contributed by atoms with Crippen molar-refractivity contribution in [3.05, 3.63) is 0 Å². The van der Waals surface area contributed by atoms with Gasteiger partial charge in [-0.1, -0.05) is 33.6 Å². The van der Waals surface area contributed by atoms with Crippen LogP contribution >= 0.6 is 0 Å². The van der Waals surface area contributed by atoms with Crippen molar-refractivity contribution in [2.75, 3.05) is 19.6 Å². The summed E-state index contributed by atoms with van der Waals surface area (Å²) < 4.78 is 0. The molecule has 2 N–H and O–H groups in total. The first-order valence-corrected chi connectivity index (χ1v) is 8.13. The minimum Gasteiger partial charge on any atom is -0.330 e. The van der Waals surface area contributed by atoms with Gasteiger partial charge in [-0.25, -0.2) is 0 Å². The van der Waals surface area contributed by atoms with Crippen molar-refractivity contribution in [2.45, 2.75) is 71.8 Å². The van der Waals surface area contributed by atoms with Crippen LogP contribution in [0.15, 0.2) is 0 Å². The summed E-state index contributed by atoms with van der Waals surface area (Å²) in [6.45, 7) is 10.5. The maximum atomic E-state index is 5.70. The van der Waals surface area contributed by atoms with Gasteiger partial charge in [0.05, 0.1) is 0 Å². The molecule has 1 fully saturated rings. The van der Waals surface area contributed by atoms with Crippen LogP contribution in [0.5, 0.6) is 0 Å². The van der Waals surface area contributed by atoms with Gasteiger partial charge in [0.2, 0.25) is 0 Å². The summed E-state index contributed by atoms with van der Waals surface area (Å²) in [6.07, 6.45) is 9.47. The second-order valence-corrected chi connectivity index (χ2v) is 6.36. The zero-order chi connectivity index (χ0) is 13.4. The van der Waals surface area contributed by atoms with Crippen LogP contribution in [0.3, 0.4) is 0 Å². The number of likely N-dealkylation sites (tertiary alicyclic amines) is 1. The molecule has 1 aliphatic heterocycles. The van der Waals surface area contributed by atoms with Crippen molar-refractivity contribution in [2.24, 2.45) is 17.6 Å². The van der Waals surface area contributed by atoms with Gasteiger partial charge in [-0.3, -0.25) is 0 Å². The Hall–Kier alpha value is -0.0800. The van der Waals surface area contributed by atoms with Crippen molar-refractivity contribution in [3.8, 4) is 0 Å². The fourth-order valence-corrected chi connectivity index (χ4v) is 3.54. The van der Waals surface area contributed by atoms with Crippen LogP contribution in [0.2, 0.25) is 0 Å². The van der Waals surface area contributed by atoms with E-state index in [1.165, 1.54) is 58.0 Å².